The first kappa shape index (κ1) is 24.9. The van der Waals surface area contributed by atoms with Gasteiger partial charge in [-0.3, -0.25) is 14.9 Å². The fourth-order valence-corrected chi connectivity index (χ4v) is 3.76. The lowest BCUT2D eigenvalue weighted by Crippen LogP contribution is -2.28. The van der Waals surface area contributed by atoms with Crippen molar-refractivity contribution in [2.45, 2.75) is 26.4 Å². The van der Waals surface area contributed by atoms with Crippen LogP contribution < -0.4 is 9.47 Å². The summed E-state index contributed by atoms with van der Waals surface area (Å²) >= 11 is 0. The third kappa shape index (κ3) is 6.47. The molecule has 1 amide bonds. The molecular weight excluding hydrogens is 459 g/mol. The first-order chi connectivity index (χ1) is 17.5. The Morgan fingerprint density at radius 1 is 1.00 bits per heavy atom. The minimum Gasteiger partial charge on any atom is -0.490 e. The molecule has 0 bridgehead atoms. The number of pyridine rings is 1. The third-order valence-corrected chi connectivity index (χ3v) is 5.69. The number of benzene rings is 2. The van der Waals surface area contributed by atoms with Crippen LogP contribution in [0.25, 0.3) is 11.3 Å². The van der Waals surface area contributed by atoms with Gasteiger partial charge in [-0.1, -0.05) is 0 Å². The molecule has 0 aliphatic rings. The summed E-state index contributed by atoms with van der Waals surface area (Å²) in [7, 11) is 1.79. The van der Waals surface area contributed by atoms with Gasteiger partial charge in [0.05, 0.1) is 12.3 Å². The molecule has 1 N–H and O–H groups in total. The van der Waals surface area contributed by atoms with Gasteiger partial charge in [0.15, 0.2) is 11.5 Å². The Balaban J connectivity index is 1.32. The fourth-order valence-electron chi connectivity index (χ4n) is 3.76. The predicted molar refractivity (Wildman–Crippen MR) is 135 cm³/mol. The van der Waals surface area contributed by atoms with Crippen LogP contribution in [0.5, 0.6) is 11.5 Å². The number of ether oxygens (including phenoxy) is 2. The number of hydrogen-bond donors (Lipinski definition) is 1. The van der Waals surface area contributed by atoms with E-state index in [1.807, 2.05) is 25.1 Å². The highest BCUT2D eigenvalue weighted by atomic mass is 19.1. The molecule has 0 unspecified atom stereocenters. The van der Waals surface area contributed by atoms with E-state index in [2.05, 4.69) is 15.2 Å². The molecule has 4 aromatic rings. The fraction of sp³-hybridized carbons (Fsp3) is 0.250. The normalized spacial score (nSPS) is 10.8. The van der Waals surface area contributed by atoms with Crippen molar-refractivity contribution in [1.29, 1.82) is 0 Å². The van der Waals surface area contributed by atoms with Crippen LogP contribution in [-0.4, -0.2) is 46.2 Å². The van der Waals surface area contributed by atoms with Gasteiger partial charge in [-0.2, -0.15) is 5.10 Å². The second kappa shape index (κ2) is 12.0. The summed E-state index contributed by atoms with van der Waals surface area (Å²) in [6.45, 7) is 3.31. The van der Waals surface area contributed by atoms with E-state index in [4.69, 9.17) is 9.47 Å². The summed E-state index contributed by atoms with van der Waals surface area (Å²) in [5.74, 6) is 0.761. The maximum absolute atomic E-state index is 13.1. The third-order valence-electron chi connectivity index (χ3n) is 5.69. The lowest BCUT2D eigenvalue weighted by Gasteiger charge is -2.18. The molecular formula is C28H29FN4O3. The Labute approximate surface area is 209 Å². The van der Waals surface area contributed by atoms with Crippen molar-refractivity contribution in [3.05, 3.63) is 95.7 Å². The van der Waals surface area contributed by atoms with Crippen molar-refractivity contribution < 1.29 is 18.7 Å². The monoisotopic (exact) mass is 488 g/mol. The number of rotatable bonds is 11. The molecule has 4 rings (SSSR count). The molecule has 0 spiro atoms. The molecule has 0 fully saturated rings. The maximum Gasteiger partial charge on any atom is 0.253 e. The minimum atomic E-state index is -0.275. The topological polar surface area (TPSA) is 80.3 Å². The summed E-state index contributed by atoms with van der Waals surface area (Å²) in [5.41, 5.74) is 4.12. The second-order valence-electron chi connectivity index (χ2n) is 8.35. The van der Waals surface area contributed by atoms with Gasteiger partial charge >= 0.3 is 0 Å². The first-order valence-electron chi connectivity index (χ1n) is 11.9. The molecule has 7 nitrogen and oxygen atoms in total. The van der Waals surface area contributed by atoms with Gasteiger partial charge in [0.1, 0.15) is 12.4 Å². The van der Waals surface area contributed by atoms with E-state index in [9.17, 15) is 9.18 Å². The quantitative estimate of drug-likeness (QED) is 0.310. The molecule has 36 heavy (non-hydrogen) atoms. The highest BCUT2D eigenvalue weighted by molar-refractivity contribution is 5.94. The standard InChI is InChI=1S/C28H29FN4O3/c1-3-35-27-17-22(8-11-26(27)36-19-20-12-14-30-15-13-20)28(34)33(2)16-4-5-24-18-25(32-31-24)21-6-9-23(29)10-7-21/h6-15,17-18H,3-5,16,19H2,1-2H3,(H,31,32). The SMILES string of the molecule is CCOc1cc(C(=O)N(C)CCCc2cc(-c3ccc(F)cc3)n[nH]2)ccc1OCc1ccncc1. The average molecular weight is 489 g/mol. The Bertz CT molecular complexity index is 1280. The molecule has 0 atom stereocenters. The van der Waals surface area contributed by atoms with Crippen LogP contribution in [0, 0.1) is 5.82 Å². The highest BCUT2D eigenvalue weighted by Gasteiger charge is 2.16. The Kier molecular flexibility index (Phi) is 8.28. The zero-order valence-corrected chi connectivity index (χ0v) is 20.4. The molecule has 2 aromatic heterocycles. The Morgan fingerprint density at radius 3 is 2.53 bits per heavy atom. The van der Waals surface area contributed by atoms with E-state index in [0.717, 1.165) is 35.4 Å². The van der Waals surface area contributed by atoms with Crippen LogP contribution >= 0.6 is 0 Å². The summed E-state index contributed by atoms with van der Waals surface area (Å²) in [6, 6.07) is 17.2. The molecule has 8 heteroatoms. The van der Waals surface area contributed by atoms with E-state index in [1.54, 1.807) is 54.7 Å². The molecule has 186 valence electrons. The number of amides is 1. The van der Waals surface area contributed by atoms with Gasteiger partial charge in [-0.15, -0.1) is 0 Å². The van der Waals surface area contributed by atoms with Gasteiger partial charge in [0.2, 0.25) is 0 Å². The maximum atomic E-state index is 13.1. The molecule has 2 heterocycles. The number of nitrogens with one attached hydrogen (secondary N) is 1. The van der Waals surface area contributed by atoms with Crippen LogP contribution in [0.1, 0.15) is 35.0 Å². The minimum absolute atomic E-state index is 0.0896. The van der Waals surface area contributed by atoms with Crippen molar-refractivity contribution in [1.82, 2.24) is 20.1 Å². The number of halogens is 1. The number of aromatic amines is 1. The molecule has 2 aromatic carbocycles. The molecule has 0 saturated heterocycles. The van der Waals surface area contributed by atoms with Crippen LogP contribution in [0.4, 0.5) is 4.39 Å². The smallest absolute Gasteiger partial charge is 0.253 e. The Hall–Kier alpha value is -4.20. The molecule has 0 saturated carbocycles. The number of aryl methyl sites for hydroxylation is 1. The van der Waals surface area contributed by atoms with E-state index < -0.39 is 0 Å². The second-order valence-corrected chi connectivity index (χ2v) is 8.35. The highest BCUT2D eigenvalue weighted by Crippen LogP contribution is 2.30. The zero-order chi connectivity index (χ0) is 25.3. The van der Waals surface area contributed by atoms with Crippen LogP contribution in [0.2, 0.25) is 0 Å². The van der Waals surface area contributed by atoms with E-state index in [0.29, 0.717) is 36.8 Å². The molecule has 0 aliphatic carbocycles. The zero-order valence-electron chi connectivity index (χ0n) is 20.4. The summed E-state index contributed by atoms with van der Waals surface area (Å²) < 4.78 is 24.8. The summed E-state index contributed by atoms with van der Waals surface area (Å²) in [6.07, 6.45) is 4.93. The molecule has 0 aliphatic heterocycles. The number of carbonyl (C=O) groups is 1. The van der Waals surface area contributed by atoms with Gasteiger partial charge in [-0.25, -0.2) is 4.39 Å². The predicted octanol–water partition coefficient (Wildman–Crippen LogP) is 5.29. The number of H-pyrrole nitrogens is 1. The van der Waals surface area contributed by atoms with E-state index >= 15 is 0 Å². The number of carbonyl (C=O) groups excluding carboxylic acids is 1. The van der Waals surface area contributed by atoms with Gasteiger partial charge < -0.3 is 14.4 Å². The van der Waals surface area contributed by atoms with Crippen molar-refractivity contribution in [2.24, 2.45) is 0 Å². The van der Waals surface area contributed by atoms with E-state index in [1.165, 1.54) is 12.1 Å². The summed E-state index contributed by atoms with van der Waals surface area (Å²) in [5, 5.41) is 7.33. The average Bonchev–Trinajstić information content (AvgIpc) is 3.37. The van der Waals surface area contributed by atoms with Crippen molar-refractivity contribution in [2.75, 3.05) is 20.2 Å². The van der Waals surface area contributed by atoms with Crippen LogP contribution in [0.3, 0.4) is 0 Å². The number of aromatic nitrogens is 3. The van der Waals surface area contributed by atoms with Crippen LogP contribution in [-0.2, 0) is 13.0 Å². The lowest BCUT2D eigenvalue weighted by atomic mass is 10.1. The lowest BCUT2D eigenvalue weighted by molar-refractivity contribution is 0.0793. The Morgan fingerprint density at radius 2 is 1.78 bits per heavy atom. The number of nitrogens with zero attached hydrogens (tertiary/aromatic N) is 3. The van der Waals surface area contributed by atoms with Crippen molar-refractivity contribution in [3.63, 3.8) is 0 Å². The van der Waals surface area contributed by atoms with E-state index in [-0.39, 0.29) is 11.7 Å². The molecule has 0 radical (unpaired) electrons. The van der Waals surface area contributed by atoms with Crippen molar-refractivity contribution in [3.8, 4) is 22.8 Å². The number of hydrogen-bond acceptors (Lipinski definition) is 5. The summed E-state index contributed by atoms with van der Waals surface area (Å²) in [4.78, 5) is 18.7. The van der Waals surface area contributed by atoms with Gasteiger partial charge in [0, 0.05) is 42.8 Å². The first-order valence-corrected chi connectivity index (χ1v) is 11.9. The van der Waals surface area contributed by atoms with Crippen LogP contribution in [0.15, 0.2) is 73.1 Å². The largest absolute Gasteiger partial charge is 0.490 e. The van der Waals surface area contributed by atoms with Gasteiger partial charge in [0.25, 0.3) is 5.91 Å². The van der Waals surface area contributed by atoms with Crippen molar-refractivity contribution >= 4 is 5.91 Å². The van der Waals surface area contributed by atoms with Gasteiger partial charge in [-0.05, 0) is 86.0 Å².